The summed E-state index contributed by atoms with van der Waals surface area (Å²) < 4.78 is 3.57. The average molecular weight is 559 g/mol. The summed E-state index contributed by atoms with van der Waals surface area (Å²) in [5.41, 5.74) is 12.0. The lowest BCUT2D eigenvalue weighted by Gasteiger charge is -2.20. The highest BCUT2D eigenvalue weighted by molar-refractivity contribution is 6.31. The summed E-state index contributed by atoms with van der Waals surface area (Å²) in [4.78, 5) is 18.6. The quantitative estimate of drug-likeness (QED) is 0.327. The van der Waals surface area contributed by atoms with E-state index in [-0.39, 0.29) is 11.6 Å². The van der Waals surface area contributed by atoms with Gasteiger partial charge >= 0.3 is 0 Å². The monoisotopic (exact) mass is 558 g/mol. The normalized spacial score (nSPS) is 21.5. The lowest BCUT2D eigenvalue weighted by atomic mass is 9.87. The molecule has 4 aliphatic rings. The second-order valence-electron chi connectivity index (χ2n) is 11.3. The molecule has 9 rings (SSSR count). The van der Waals surface area contributed by atoms with E-state index in [1.165, 1.54) is 27.8 Å². The smallest absolute Gasteiger partial charge is 0.251 e. The van der Waals surface area contributed by atoms with Crippen molar-refractivity contribution in [1.29, 1.82) is 0 Å². The number of pyridine rings is 1. The zero-order valence-electron chi connectivity index (χ0n) is 21.8. The van der Waals surface area contributed by atoms with Gasteiger partial charge in [0.15, 0.2) is 0 Å². The van der Waals surface area contributed by atoms with Crippen LogP contribution in [-0.2, 0) is 12.8 Å². The van der Waals surface area contributed by atoms with Crippen LogP contribution < -0.4 is 5.56 Å². The first-order valence-electron chi connectivity index (χ1n) is 13.8. The van der Waals surface area contributed by atoms with E-state index in [2.05, 4.69) is 50.0 Å². The van der Waals surface area contributed by atoms with Crippen molar-refractivity contribution in [2.45, 2.75) is 37.6 Å². The Labute approximate surface area is 239 Å². The Bertz CT molecular complexity index is 2020. The lowest BCUT2D eigenvalue weighted by Crippen LogP contribution is -2.29. The number of tetrazole rings is 1. The first kappa shape index (κ1) is 23.1. The third-order valence-electron chi connectivity index (χ3n) is 9.09. The van der Waals surface area contributed by atoms with Gasteiger partial charge in [0.1, 0.15) is 6.33 Å². The summed E-state index contributed by atoms with van der Waals surface area (Å²) in [5.74, 6) is 0.771. The molecular weight excluding hydrogens is 536 g/mol. The van der Waals surface area contributed by atoms with Crippen LogP contribution in [-0.4, -0.2) is 40.7 Å². The first-order chi connectivity index (χ1) is 20.1. The standard InChI is InChI=1S/C31H23ClN8O/c32-21-4-6-27(39-15-35-37-38-39)23(11-21)19-9-28-24-12-25(24)31(40(28)29(41)10-19)26-8-20(13-33-26)16-3-5-22-17(7-16)1-2-18-14-34-36-30(18)22/h3-7,9-11,13-15,24-25,31H,1-2,8,12H2,(H,34,36). The van der Waals surface area contributed by atoms with Crippen LogP contribution in [0.5, 0.6) is 0 Å². The number of benzene rings is 2. The van der Waals surface area contributed by atoms with Crippen LogP contribution >= 0.6 is 11.6 Å². The maximum Gasteiger partial charge on any atom is 0.251 e. The summed E-state index contributed by atoms with van der Waals surface area (Å²) in [6.45, 7) is 0. The van der Waals surface area contributed by atoms with Crippen LogP contribution in [0.25, 0.3) is 33.6 Å². The van der Waals surface area contributed by atoms with Gasteiger partial charge in [-0.15, -0.1) is 5.10 Å². The molecule has 9 nitrogen and oxygen atoms in total. The van der Waals surface area contributed by atoms with E-state index in [4.69, 9.17) is 16.6 Å². The number of aliphatic imine (C=N–C) groups is 1. The molecule has 5 heterocycles. The van der Waals surface area contributed by atoms with Gasteiger partial charge < -0.3 is 4.57 Å². The molecule has 200 valence electrons. The molecule has 0 amide bonds. The Morgan fingerprint density at radius 3 is 2.80 bits per heavy atom. The second-order valence-corrected chi connectivity index (χ2v) is 11.8. The maximum absolute atomic E-state index is 13.7. The zero-order chi connectivity index (χ0) is 27.2. The van der Waals surface area contributed by atoms with Gasteiger partial charge in [0.25, 0.3) is 5.56 Å². The van der Waals surface area contributed by atoms with Crippen LogP contribution in [0, 0.1) is 5.92 Å². The van der Waals surface area contributed by atoms with Crippen LogP contribution in [0.3, 0.4) is 0 Å². The van der Waals surface area contributed by atoms with Crippen molar-refractivity contribution in [2.24, 2.45) is 10.9 Å². The molecule has 5 aromatic rings. The number of allylic oxidation sites excluding steroid dienone is 1. The summed E-state index contributed by atoms with van der Waals surface area (Å²) in [6.07, 6.45) is 9.32. The molecule has 2 aliphatic carbocycles. The van der Waals surface area contributed by atoms with Crippen molar-refractivity contribution in [3.05, 3.63) is 105 Å². The third kappa shape index (κ3) is 3.48. The highest BCUT2D eigenvalue weighted by Gasteiger charge is 2.54. The minimum Gasteiger partial charge on any atom is -0.303 e. The van der Waals surface area contributed by atoms with Crippen molar-refractivity contribution in [3.8, 4) is 28.1 Å². The fraction of sp³-hybridized carbons (Fsp3) is 0.226. The van der Waals surface area contributed by atoms with Crippen molar-refractivity contribution in [3.63, 3.8) is 0 Å². The molecule has 2 aromatic carbocycles. The van der Waals surface area contributed by atoms with Gasteiger partial charge in [-0.1, -0.05) is 29.8 Å². The van der Waals surface area contributed by atoms with Gasteiger partial charge in [0, 0.05) is 52.2 Å². The lowest BCUT2D eigenvalue weighted by molar-refractivity contribution is 0.584. The Kier molecular flexibility index (Phi) is 4.76. The average Bonchev–Trinajstić information content (AvgIpc) is 3.50. The second kappa shape index (κ2) is 8.44. The van der Waals surface area contributed by atoms with Crippen LogP contribution in [0.1, 0.15) is 47.2 Å². The number of halogens is 1. The number of aromatic amines is 1. The minimum atomic E-state index is -0.0161. The van der Waals surface area contributed by atoms with Crippen molar-refractivity contribution in [2.75, 3.05) is 0 Å². The highest BCUT2D eigenvalue weighted by atomic mass is 35.5. The van der Waals surface area contributed by atoms with Crippen molar-refractivity contribution >= 4 is 22.9 Å². The number of H-pyrrole nitrogens is 1. The van der Waals surface area contributed by atoms with E-state index in [0.29, 0.717) is 16.9 Å². The molecule has 0 spiro atoms. The van der Waals surface area contributed by atoms with E-state index in [9.17, 15) is 4.79 Å². The van der Waals surface area contributed by atoms with Gasteiger partial charge in [0.05, 0.1) is 23.6 Å². The SMILES string of the molecule is O=c1cc(-c2cc(Cl)ccc2-n2cnnn2)cc2n1C(C1=NC=C(c3ccc4c(c3)CCc3cn[nH]c3-4)C1)C1CC21. The largest absolute Gasteiger partial charge is 0.303 e. The van der Waals surface area contributed by atoms with E-state index in [1.807, 2.05) is 29.1 Å². The molecular formula is C31H23ClN8O. The number of rotatable bonds is 4. The number of hydrogen-bond acceptors (Lipinski definition) is 6. The molecule has 3 aromatic heterocycles. The Morgan fingerprint density at radius 1 is 0.976 bits per heavy atom. The molecule has 0 saturated heterocycles. The third-order valence-corrected chi connectivity index (χ3v) is 9.33. The predicted molar refractivity (Wildman–Crippen MR) is 155 cm³/mol. The van der Waals surface area contributed by atoms with Gasteiger partial charge in [-0.25, -0.2) is 0 Å². The van der Waals surface area contributed by atoms with E-state index in [0.717, 1.165) is 59.6 Å². The molecule has 0 bridgehead atoms. The number of fused-ring (bicyclic) bond motifs is 6. The minimum absolute atomic E-state index is 0.00572. The molecule has 1 fully saturated rings. The van der Waals surface area contributed by atoms with Crippen LogP contribution in [0.4, 0.5) is 0 Å². The number of nitrogens with one attached hydrogen (secondary N) is 1. The Hall–Kier alpha value is -4.63. The summed E-state index contributed by atoms with van der Waals surface area (Å²) >= 11 is 6.38. The summed E-state index contributed by atoms with van der Waals surface area (Å²) in [7, 11) is 0. The van der Waals surface area contributed by atoms with Gasteiger partial charge in [-0.3, -0.25) is 14.9 Å². The molecule has 2 aliphatic heterocycles. The Morgan fingerprint density at radius 2 is 1.90 bits per heavy atom. The Balaban J connectivity index is 1.03. The molecule has 0 radical (unpaired) electrons. The predicted octanol–water partition coefficient (Wildman–Crippen LogP) is 5.18. The van der Waals surface area contributed by atoms with Crippen molar-refractivity contribution in [1.82, 2.24) is 35.0 Å². The fourth-order valence-corrected chi connectivity index (χ4v) is 7.27. The van der Waals surface area contributed by atoms with Crippen molar-refractivity contribution < 1.29 is 0 Å². The molecule has 10 heteroatoms. The highest BCUT2D eigenvalue weighted by Crippen LogP contribution is 2.60. The van der Waals surface area contributed by atoms with Crippen LogP contribution in [0.15, 0.2) is 77.0 Å². The number of aromatic nitrogens is 7. The zero-order valence-corrected chi connectivity index (χ0v) is 22.6. The summed E-state index contributed by atoms with van der Waals surface area (Å²) in [6, 6.07) is 16.1. The van der Waals surface area contributed by atoms with Gasteiger partial charge in [-0.2, -0.15) is 9.78 Å². The number of aryl methyl sites for hydroxylation is 2. The molecule has 3 unspecified atom stereocenters. The number of nitrogens with zero attached hydrogens (tertiary/aromatic N) is 7. The molecule has 1 saturated carbocycles. The van der Waals surface area contributed by atoms with Gasteiger partial charge in [-0.05, 0) is 87.7 Å². The van der Waals surface area contributed by atoms with E-state index in [1.54, 1.807) is 23.1 Å². The molecule has 41 heavy (non-hydrogen) atoms. The number of hydrogen-bond donors (Lipinski definition) is 1. The molecule has 3 atom stereocenters. The first-order valence-corrected chi connectivity index (χ1v) is 14.2. The topological polar surface area (TPSA) is 107 Å². The molecule has 1 N–H and O–H groups in total. The van der Waals surface area contributed by atoms with Gasteiger partial charge in [0.2, 0.25) is 0 Å². The fourth-order valence-electron chi connectivity index (χ4n) is 7.09. The van der Waals surface area contributed by atoms with E-state index < -0.39 is 0 Å². The maximum atomic E-state index is 13.7. The van der Waals surface area contributed by atoms with E-state index >= 15 is 0 Å². The van der Waals surface area contributed by atoms with Crippen LogP contribution in [0.2, 0.25) is 5.02 Å². The summed E-state index contributed by atoms with van der Waals surface area (Å²) in [5, 5.41) is 19.6.